The van der Waals surface area contributed by atoms with Crippen LogP contribution in [0.2, 0.25) is 0 Å². The Morgan fingerprint density at radius 2 is 2.40 bits per heavy atom. The van der Waals surface area contributed by atoms with E-state index >= 15 is 0 Å². The fourth-order valence-electron chi connectivity index (χ4n) is 2.40. The molecular formula is C13H18N2O4S. The van der Waals surface area contributed by atoms with Crippen LogP contribution in [-0.2, 0) is 0 Å². The SMILES string of the molecule is CC(=O)c1cc([N+](=O)[O-])c(OCCC2CCCN2C)s1. The molecule has 1 aromatic rings. The maximum Gasteiger partial charge on any atom is 0.323 e. The predicted molar refractivity (Wildman–Crippen MR) is 76.7 cm³/mol. The van der Waals surface area contributed by atoms with Crippen LogP contribution in [0.5, 0.6) is 5.06 Å². The van der Waals surface area contributed by atoms with Crippen LogP contribution >= 0.6 is 11.3 Å². The Morgan fingerprint density at radius 1 is 1.65 bits per heavy atom. The molecule has 6 nitrogen and oxygen atoms in total. The van der Waals surface area contributed by atoms with E-state index in [1.54, 1.807) is 0 Å². The topological polar surface area (TPSA) is 72.7 Å². The van der Waals surface area contributed by atoms with Gasteiger partial charge in [-0.05, 0) is 39.8 Å². The van der Waals surface area contributed by atoms with Gasteiger partial charge in [-0.1, -0.05) is 11.3 Å². The van der Waals surface area contributed by atoms with Crippen molar-refractivity contribution in [2.24, 2.45) is 0 Å². The van der Waals surface area contributed by atoms with E-state index in [4.69, 9.17) is 4.74 Å². The average molecular weight is 298 g/mol. The molecule has 0 bridgehead atoms. The number of rotatable bonds is 6. The summed E-state index contributed by atoms with van der Waals surface area (Å²) in [7, 11) is 2.08. The molecule has 0 aromatic carbocycles. The minimum atomic E-state index is -0.500. The van der Waals surface area contributed by atoms with Crippen LogP contribution in [0.4, 0.5) is 5.69 Å². The molecule has 1 atom stereocenters. The molecule has 20 heavy (non-hydrogen) atoms. The summed E-state index contributed by atoms with van der Waals surface area (Å²) in [6.45, 7) is 2.93. The Labute approximate surface area is 121 Å². The van der Waals surface area contributed by atoms with Crippen LogP contribution in [0, 0.1) is 10.1 Å². The van der Waals surface area contributed by atoms with Crippen molar-refractivity contribution in [2.45, 2.75) is 32.2 Å². The minimum Gasteiger partial charge on any atom is -0.479 e. The summed E-state index contributed by atoms with van der Waals surface area (Å²) >= 11 is 1.05. The molecule has 2 rings (SSSR count). The van der Waals surface area contributed by atoms with Gasteiger partial charge >= 0.3 is 5.69 Å². The maximum absolute atomic E-state index is 11.3. The minimum absolute atomic E-state index is 0.111. The van der Waals surface area contributed by atoms with E-state index in [-0.39, 0.29) is 16.5 Å². The number of carbonyl (C=O) groups excluding carboxylic acids is 1. The number of hydrogen-bond donors (Lipinski definition) is 0. The van der Waals surface area contributed by atoms with Crippen molar-refractivity contribution >= 4 is 22.8 Å². The highest BCUT2D eigenvalue weighted by atomic mass is 32.1. The number of carbonyl (C=O) groups is 1. The largest absolute Gasteiger partial charge is 0.479 e. The summed E-state index contributed by atoms with van der Waals surface area (Å²) in [5.41, 5.74) is -0.111. The first-order valence-electron chi connectivity index (χ1n) is 6.61. The van der Waals surface area contributed by atoms with Gasteiger partial charge in [0.25, 0.3) is 5.06 Å². The second-order valence-electron chi connectivity index (χ2n) is 5.01. The normalized spacial score (nSPS) is 19.2. The Bertz CT molecular complexity index is 514. The number of Topliss-reactive ketones (excluding diaryl/α,β-unsaturated/α-hetero) is 1. The molecule has 2 heterocycles. The molecule has 110 valence electrons. The second kappa shape index (κ2) is 6.32. The van der Waals surface area contributed by atoms with Crippen LogP contribution < -0.4 is 4.74 Å². The summed E-state index contributed by atoms with van der Waals surface area (Å²) in [5.74, 6) is -0.177. The number of ether oxygens (including phenoxy) is 1. The molecule has 0 N–H and O–H groups in total. The average Bonchev–Trinajstić information content (AvgIpc) is 2.97. The molecule has 0 radical (unpaired) electrons. The zero-order chi connectivity index (χ0) is 14.7. The molecule has 1 aliphatic heterocycles. The van der Waals surface area contributed by atoms with Crippen molar-refractivity contribution in [3.05, 3.63) is 21.1 Å². The highest BCUT2D eigenvalue weighted by Gasteiger charge is 2.24. The Balaban J connectivity index is 1.97. The zero-order valence-corrected chi connectivity index (χ0v) is 12.4. The van der Waals surface area contributed by atoms with Crippen molar-refractivity contribution in [1.29, 1.82) is 0 Å². The lowest BCUT2D eigenvalue weighted by atomic mass is 10.1. The highest BCUT2D eigenvalue weighted by Crippen LogP contribution is 2.37. The quantitative estimate of drug-likeness (QED) is 0.458. The molecule has 1 aromatic heterocycles. The number of hydrogen-bond acceptors (Lipinski definition) is 6. The maximum atomic E-state index is 11.3. The van der Waals surface area contributed by atoms with E-state index in [2.05, 4.69) is 11.9 Å². The first kappa shape index (κ1) is 14.9. The summed E-state index contributed by atoms with van der Waals surface area (Å²) in [6, 6.07) is 1.78. The number of nitrogens with zero attached hydrogens (tertiary/aromatic N) is 2. The van der Waals surface area contributed by atoms with Crippen molar-refractivity contribution < 1.29 is 14.5 Å². The molecule has 1 unspecified atom stereocenters. The van der Waals surface area contributed by atoms with Crippen LogP contribution in [-0.4, -0.2) is 41.8 Å². The smallest absolute Gasteiger partial charge is 0.323 e. The van der Waals surface area contributed by atoms with E-state index in [9.17, 15) is 14.9 Å². The third-order valence-electron chi connectivity index (χ3n) is 3.58. The van der Waals surface area contributed by atoms with Gasteiger partial charge in [-0.25, -0.2) is 0 Å². The Hall–Kier alpha value is -1.47. The van der Waals surface area contributed by atoms with Crippen LogP contribution in [0.3, 0.4) is 0 Å². The molecular weight excluding hydrogens is 280 g/mol. The fraction of sp³-hybridized carbons (Fsp3) is 0.615. The zero-order valence-electron chi connectivity index (χ0n) is 11.6. The lowest BCUT2D eigenvalue weighted by molar-refractivity contribution is -0.385. The van der Waals surface area contributed by atoms with Gasteiger partial charge in [-0.3, -0.25) is 14.9 Å². The van der Waals surface area contributed by atoms with Crippen LogP contribution in [0.25, 0.3) is 0 Å². The summed E-state index contributed by atoms with van der Waals surface area (Å²) < 4.78 is 5.54. The third-order valence-corrected chi connectivity index (χ3v) is 4.72. The number of nitro groups is 1. The van der Waals surface area contributed by atoms with Crippen molar-refractivity contribution in [3.63, 3.8) is 0 Å². The van der Waals surface area contributed by atoms with Crippen molar-refractivity contribution in [3.8, 4) is 5.06 Å². The van der Waals surface area contributed by atoms with E-state index in [1.165, 1.54) is 19.4 Å². The van der Waals surface area contributed by atoms with Crippen LogP contribution in [0.1, 0.15) is 35.9 Å². The second-order valence-corrected chi connectivity index (χ2v) is 6.03. The van der Waals surface area contributed by atoms with Crippen molar-refractivity contribution in [1.82, 2.24) is 4.90 Å². The van der Waals surface area contributed by atoms with Gasteiger partial charge in [0.15, 0.2) is 5.78 Å². The molecule has 0 amide bonds. The van der Waals surface area contributed by atoms with Gasteiger partial charge in [-0.2, -0.15) is 0 Å². The molecule has 0 saturated carbocycles. The lowest BCUT2D eigenvalue weighted by Crippen LogP contribution is -2.26. The van der Waals surface area contributed by atoms with Crippen LogP contribution in [0.15, 0.2) is 6.07 Å². The van der Waals surface area contributed by atoms with Gasteiger partial charge in [0.05, 0.1) is 16.4 Å². The number of likely N-dealkylation sites (tertiary alicyclic amines) is 1. The van der Waals surface area contributed by atoms with Gasteiger partial charge in [0.2, 0.25) is 0 Å². The Kier molecular flexibility index (Phi) is 4.72. The third kappa shape index (κ3) is 3.34. The first-order chi connectivity index (χ1) is 9.49. The number of ketones is 1. The van der Waals surface area contributed by atoms with E-state index in [1.807, 2.05) is 0 Å². The molecule has 1 fully saturated rings. The van der Waals surface area contributed by atoms with E-state index in [0.717, 1.165) is 30.7 Å². The molecule has 0 aliphatic carbocycles. The first-order valence-corrected chi connectivity index (χ1v) is 7.43. The monoisotopic (exact) mass is 298 g/mol. The highest BCUT2D eigenvalue weighted by molar-refractivity contribution is 7.16. The summed E-state index contributed by atoms with van der Waals surface area (Å²) in [5, 5.41) is 11.2. The van der Waals surface area contributed by atoms with Crippen molar-refractivity contribution in [2.75, 3.05) is 20.2 Å². The molecule has 1 saturated heterocycles. The van der Waals surface area contributed by atoms with Gasteiger partial charge < -0.3 is 9.64 Å². The Morgan fingerprint density at radius 3 is 2.95 bits per heavy atom. The van der Waals surface area contributed by atoms with Gasteiger partial charge in [0, 0.05) is 12.1 Å². The molecule has 1 aliphatic rings. The molecule has 7 heteroatoms. The number of thiophene rings is 1. The van der Waals surface area contributed by atoms with Gasteiger partial charge in [-0.15, -0.1) is 0 Å². The summed E-state index contributed by atoms with van der Waals surface area (Å²) in [4.78, 5) is 24.4. The fourth-order valence-corrected chi connectivity index (χ4v) is 3.29. The molecule has 0 spiro atoms. The predicted octanol–water partition coefficient (Wildman–Crippen LogP) is 2.72. The standard InChI is InChI=1S/C13H18N2O4S/c1-9(16)12-8-11(15(17)18)13(20-12)19-7-5-10-4-3-6-14(10)2/h8,10H,3-7H2,1-2H3. The van der Waals surface area contributed by atoms with E-state index < -0.39 is 4.92 Å². The van der Waals surface area contributed by atoms with Gasteiger partial charge in [0.1, 0.15) is 0 Å². The lowest BCUT2D eigenvalue weighted by Gasteiger charge is -2.18. The summed E-state index contributed by atoms with van der Waals surface area (Å²) in [6.07, 6.45) is 3.18. The van der Waals surface area contributed by atoms with E-state index in [0.29, 0.717) is 17.5 Å².